The van der Waals surface area contributed by atoms with Crippen LogP contribution in [0.4, 0.5) is 5.69 Å². The number of carbonyl (C=O) groups excluding carboxylic acids is 1. The lowest BCUT2D eigenvalue weighted by Crippen LogP contribution is -2.11. The highest BCUT2D eigenvalue weighted by Gasteiger charge is 2.12. The van der Waals surface area contributed by atoms with Gasteiger partial charge in [0.15, 0.2) is 10.1 Å². The maximum atomic E-state index is 12.1. The van der Waals surface area contributed by atoms with Crippen LogP contribution in [0.25, 0.3) is 0 Å². The zero-order chi connectivity index (χ0) is 15.5. The van der Waals surface area contributed by atoms with Gasteiger partial charge in [-0.3, -0.25) is 4.79 Å². The molecule has 0 aliphatic rings. The summed E-state index contributed by atoms with van der Waals surface area (Å²) < 4.78 is 6.19. The van der Waals surface area contributed by atoms with Gasteiger partial charge in [-0.15, -0.1) is 11.3 Å². The van der Waals surface area contributed by atoms with Crippen molar-refractivity contribution in [1.82, 2.24) is 4.98 Å². The standard InChI is InChI=1S/C16H14N2O2S2/c1-10-7-8-20-14(10)15(19)18-12-3-5-13(6-4-12)22-16-17-11(2)9-21-16/h3-9H,1-2H3,(H,18,19). The van der Waals surface area contributed by atoms with E-state index in [0.717, 1.165) is 26.2 Å². The van der Waals surface area contributed by atoms with Gasteiger partial charge in [-0.1, -0.05) is 11.8 Å². The van der Waals surface area contributed by atoms with Crippen LogP contribution in [-0.2, 0) is 0 Å². The Balaban J connectivity index is 1.66. The lowest BCUT2D eigenvalue weighted by Gasteiger charge is -2.05. The highest BCUT2D eigenvalue weighted by Crippen LogP contribution is 2.30. The SMILES string of the molecule is Cc1csc(Sc2ccc(NC(=O)c3occc3C)cc2)n1. The van der Waals surface area contributed by atoms with Gasteiger partial charge in [0.1, 0.15) is 0 Å². The first-order valence-electron chi connectivity index (χ1n) is 6.67. The summed E-state index contributed by atoms with van der Waals surface area (Å²) in [6.07, 6.45) is 1.51. The van der Waals surface area contributed by atoms with Gasteiger partial charge in [-0.05, 0) is 44.2 Å². The number of rotatable bonds is 4. The third-order valence-corrected chi connectivity index (χ3v) is 5.05. The summed E-state index contributed by atoms with van der Waals surface area (Å²) in [7, 11) is 0. The number of carbonyl (C=O) groups is 1. The first-order valence-corrected chi connectivity index (χ1v) is 8.37. The predicted octanol–water partition coefficient (Wildman–Crippen LogP) is 4.76. The summed E-state index contributed by atoms with van der Waals surface area (Å²) in [5, 5.41) is 4.86. The van der Waals surface area contributed by atoms with E-state index in [1.54, 1.807) is 29.2 Å². The lowest BCUT2D eigenvalue weighted by atomic mass is 10.2. The monoisotopic (exact) mass is 330 g/mol. The lowest BCUT2D eigenvalue weighted by molar-refractivity contribution is 0.0996. The van der Waals surface area contributed by atoms with Crippen molar-refractivity contribution < 1.29 is 9.21 Å². The Bertz CT molecular complexity index is 791. The van der Waals surface area contributed by atoms with E-state index in [-0.39, 0.29) is 5.91 Å². The molecule has 2 heterocycles. The van der Waals surface area contributed by atoms with Crippen LogP contribution in [0.1, 0.15) is 21.8 Å². The Hall–Kier alpha value is -2.05. The third-order valence-electron chi connectivity index (χ3n) is 2.98. The molecule has 1 N–H and O–H groups in total. The molecule has 2 aromatic heterocycles. The van der Waals surface area contributed by atoms with Crippen LogP contribution in [0, 0.1) is 13.8 Å². The third kappa shape index (κ3) is 3.40. The Morgan fingerprint density at radius 3 is 2.59 bits per heavy atom. The van der Waals surface area contributed by atoms with Crippen molar-refractivity contribution in [2.45, 2.75) is 23.1 Å². The van der Waals surface area contributed by atoms with Crippen molar-refractivity contribution in [3.8, 4) is 0 Å². The van der Waals surface area contributed by atoms with Gasteiger partial charge >= 0.3 is 0 Å². The van der Waals surface area contributed by atoms with Crippen molar-refractivity contribution in [3.63, 3.8) is 0 Å². The van der Waals surface area contributed by atoms with Crippen molar-refractivity contribution >= 4 is 34.7 Å². The largest absolute Gasteiger partial charge is 0.459 e. The molecule has 22 heavy (non-hydrogen) atoms. The topological polar surface area (TPSA) is 55.1 Å². The van der Waals surface area contributed by atoms with Crippen LogP contribution in [0.3, 0.4) is 0 Å². The number of anilines is 1. The van der Waals surface area contributed by atoms with Crippen LogP contribution in [0.15, 0.2) is 55.6 Å². The summed E-state index contributed by atoms with van der Waals surface area (Å²) in [5.74, 6) is 0.107. The molecule has 0 saturated heterocycles. The van der Waals surface area contributed by atoms with E-state index in [1.807, 2.05) is 43.5 Å². The van der Waals surface area contributed by atoms with E-state index in [4.69, 9.17) is 4.42 Å². The first kappa shape index (κ1) is 14.9. The van der Waals surface area contributed by atoms with Crippen molar-refractivity contribution in [1.29, 1.82) is 0 Å². The second-order valence-electron chi connectivity index (χ2n) is 4.77. The van der Waals surface area contributed by atoms with Gasteiger partial charge in [0.25, 0.3) is 5.91 Å². The molecule has 0 aliphatic carbocycles. The molecule has 0 radical (unpaired) electrons. The molecular weight excluding hydrogens is 316 g/mol. The van der Waals surface area contributed by atoms with E-state index < -0.39 is 0 Å². The van der Waals surface area contributed by atoms with E-state index in [0.29, 0.717) is 5.76 Å². The average molecular weight is 330 g/mol. The molecule has 1 amide bonds. The molecule has 0 saturated carbocycles. The number of furan rings is 1. The molecule has 0 aliphatic heterocycles. The van der Waals surface area contributed by atoms with Crippen molar-refractivity contribution in [3.05, 3.63) is 59.0 Å². The fraction of sp³-hybridized carbons (Fsp3) is 0.125. The summed E-state index contributed by atoms with van der Waals surface area (Å²) in [6.45, 7) is 3.82. The molecule has 4 nitrogen and oxygen atoms in total. The Kier molecular flexibility index (Phi) is 4.31. The highest BCUT2D eigenvalue weighted by molar-refractivity contribution is 8.01. The number of benzene rings is 1. The van der Waals surface area contributed by atoms with Crippen LogP contribution in [0.2, 0.25) is 0 Å². The Labute approximate surface area is 136 Å². The Morgan fingerprint density at radius 1 is 1.23 bits per heavy atom. The van der Waals surface area contributed by atoms with Crippen molar-refractivity contribution in [2.75, 3.05) is 5.32 Å². The van der Waals surface area contributed by atoms with Crippen LogP contribution in [-0.4, -0.2) is 10.9 Å². The second kappa shape index (κ2) is 6.37. The molecule has 0 atom stereocenters. The second-order valence-corrected chi connectivity index (χ2v) is 6.95. The molecule has 3 rings (SSSR count). The quantitative estimate of drug-likeness (QED) is 0.749. The van der Waals surface area contributed by atoms with Gasteiger partial charge in [-0.2, -0.15) is 0 Å². The molecular formula is C16H14N2O2S2. The molecule has 3 aromatic rings. The van der Waals surface area contributed by atoms with Gasteiger partial charge in [-0.25, -0.2) is 4.98 Å². The predicted molar refractivity (Wildman–Crippen MR) is 88.8 cm³/mol. The molecule has 1 aromatic carbocycles. The highest BCUT2D eigenvalue weighted by atomic mass is 32.2. The minimum atomic E-state index is -0.238. The van der Waals surface area contributed by atoms with Crippen LogP contribution in [0.5, 0.6) is 0 Å². The molecule has 6 heteroatoms. The van der Waals surface area contributed by atoms with Crippen LogP contribution < -0.4 is 5.32 Å². The zero-order valence-corrected chi connectivity index (χ0v) is 13.8. The Morgan fingerprint density at radius 2 is 2.00 bits per heavy atom. The summed E-state index contributed by atoms with van der Waals surface area (Å²) in [5.41, 5.74) is 2.59. The first-order chi connectivity index (χ1) is 10.6. The zero-order valence-electron chi connectivity index (χ0n) is 12.1. The maximum Gasteiger partial charge on any atom is 0.291 e. The number of amides is 1. The van der Waals surface area contributed by atoms with Gasteiger partial charge in [0.2, 0.25) is 0 Å². The average Bonchev–Trinajstić information content (AvgIpc) is 3.10. The maximum absolute atomic E-state index is 12.1. The number of nitrogens with one attached hydrogen (secondary N) is 1. The molecule has 0 fully saturated rings. The van der Waals surface area contributed by atoms with E-state index in [9.17, 15) is 4.79 Å². The summed E-state index contributed by atoms with van der Waals surface area (Å²) in [6, 6.07) is 9.45. The normalized spacial score (nSPS) is 10.6. The molecule has 112 valence electrons. The molecule has 0 bridgehead atoms. The summed E-state index contributed by atoms with van der Waals surface area (Å²) >= 11 is 3.24. The fourth-order valence-corrected chi connectivity index (χ4v) is 3.69. The number of aryl methyl sites for hydroxylation is 2. The minimum Gasteiger partial charge on any atom is -0.459 e. The van der Waals surface area contributed by atoms with Gasteiger partial charge in [0, 0.05) is 27.2 Å². The smallest absolute Gasteiger partial charge is 0.291 e. The summed E-state index contributed by atoms with van der Waals surface area (Å²) in [4.78, 5) is 17.6. The van der Waals surface area contributed by atoms with Crippen molar-refractivity contribution in [2.24, 2.45) is 0 Å². The van der Waals surface area contributed by atoms with E-state index >= 15 is 0 Å². The number of aromatic nitrogens is 1. The number of thiazole rings is 1. The number of hydrogen-bond donors (Lipinski definition) is 1. The van der Waals surface area contributed by atoms with Gasteiger partial charge < -0.3 is 9.73 Å². The molecule has 0 spiro atoms. The van der Waals surface area contributed by atoms with E-state index in [1.165, 1.54) is 6.26 Å². The number of nitrogens with zero attached hydrogens (tertiary/aromatic N) is 1. The van der Waals surface area contributed by atoms with E-state index in [2.05, 4.69) is 10.3 Å². The number of hydrogen-bond acceptors (Lipinski definition) is 5. The molecule has 0 unspecified atom stereocenters. The van der Waals surface area contributed by atoms with Gasteiger partial charge in [0.05, 0.1) is 6.26 Å². The minimum absolute atomic E-state index is 0.238. The van der Waals surface area contributed by atoms with Crippen LogP contribution >= 0.6 is 23.1 Å². The fourth-order valence-electron chi connectivity index (χ4n) is 1.88.